The van der Waals surface area contributed by atoms with Gasteiger partial charge in [0.2, 0.25) is 0 Å². The van der Waals surface area contributed by atoms with E-state index in [2.05, 4.69) is 4.74 Å². The first-order valence-corrected chi connectivity index (χ1v) is 5.64. The zero-order valence-corrected chi connectivity index (χ0v) is 9.39. The van der Waals surface area contributed by atoms with Gasteiger partial charge in [-0.2, -0.15) is 8.42 Å². The lowest BCUT2D eigenvalue weighted by Crippen LogP contribution is -2.11. The maximum absolute atomic E-state index is 11.3. The highest BCUT2D eigenvalue weighted by molar-refractivity contribution is 7.85. The number of carbonyl (C=O) groups excluding carboxylic acids is 1. The van der Waals surface area contributed by atoms with E-state index in [1.54, 1.807) is 0 Å². The summed E-state index contributed by atoms with van der Waals surface area (Å²) in [5.74, 6) is -2.42. The average Bonchev–Trinajstić information content (AvgIpc) is 2.25. The molecule has 0 atom stereocenters. The van der Waals surface area contributed by atoms with Crippen molar-refractivity contribution in [3.63, 3.8) is 0 Å². The Hall–Kier alpha value is -1.93. The number of methoxy groups -OCH3 is 1. The Balaban J connectivity index is 3.50. The van der Waals surface area contributed by atoms with Gasteiger partial charge in [0.25, 0.3) is 10.1 Å². The smallest absolute Gasteiger partial charge is 0.338 e. The SMILES string of the molecule is COC(=O)c1cc(S(=O)(=O)O)ccc1C(=O)O. The molecule has 0 bridgehead atoms. The number of aromatic carboxylic acids is 1. The normalized spacial score (nSPS) is 10.9. The molecule has 0 radical (unpaired) electrons. The molecule has 17 heavy (non-hydrogen) atoms. The van der Waals surface area contributed by atoms with Crippen LogP contribution in [0.3, 0.4) is 0 Å². The average molecular weight is 260 g/mol. The molecular formula is C9H8O7S. The summed E-state index contributed by atoms with van der Waals surface area (Å²) in [6, 6.07) is 2.52. The summed E-state index contributed by atoms with van der Waals surface area (Å²) >= 11 is 0. The first-order chi connectivity index (χ1) is 7.77. The molecule has 0 aliphatic rings. The molecule has 1 aromatic carbocycles. The third-order valence-corrected chi connectivity index (χ3v) is 2.77. The Bertz CT molecular complexity index is 573. The van der Waals surface area contributed by atoms with E-state index in [4.69, 9.17) is 9.66 Å². The number of carbonyl (C=O) groups is 2. The summed E-state index contributed by atoms with van der Waals surface area (Å²) in [7, 11) is -3.49. The Morgan fingerprint density at radius 3 is 2.24 bits per heavy atom. The van der Waals surface area contributed by atoms with Crippen LogP contribution in [0.4, 0.5) is 0 Å². The summed E-state index contributed by atoms with van der Waals surface area (Å²) in [6.45, 7) is 0. The van der Waals surface area contributed by atoms with E-state index in [1.165, 1.54) is 0 Å². The minimum Gasteiger partial charge on any atom is -0.478 e. The summed E-state index contributed by atoms with van der Waals surface area (Å²) < 4.78 is 34.8. The van der Waals surface area contributed by atoms with Crippen molar-refractivity contribution in [3.05, 3.63) is 29.3 Å². The van der Waals surface area contributed by atoms with Gasteiger partial charge in [-0.05, 0) is 18.2 Å². The van der Waals surface area contributed by atoms with Gasteiger partial charge in [-0.3, -0.25) is 4.55 Å². The van der Waals surface area contributed by atoms with Crippen LogP contribution in [-0.2, 0) is 14.9 Å². The van der Waals surface area contributed by atoms with E-state index in [9.17, 15) is 18.0 Å². The summed E-state index contributed by atoms with van der Waals surface area (Å²) in [6.07, 6.45) is 0. The molecule has 2 N–H and O–H groups in total. The Kier molecular flexibility index (Phi) is 3.49. The van der Waals surface area contributed by atoms with Crippen LogP contribution in [0.15, 0.2) is 23.1 Å². The van der Waals surface area contributed by atoms with Crippen molar-refractivity contribution in [2.45, 2.75) is 4.90 Å². The molecule has 0 saturated heterocycles. The second-order valence-corrected chi connectivity index (χ2v) is 4.40. The van der Waals surface area contributed by atoms with Gasteiger partial charge >= 0.3 is 11.9 Å². The molecule has 0 fully saturated rings. The monoisotopic (exact) mass is 260 g/mol. The molecule has 0 aliphatic heterocycles. The number of benzene rings is 1. The molecule has 7 nitrogen and oxygen atoms in total. The largest absolute Gasteiger partial charge is 0.478 e. The zero-order chi connectivity index (χ0) is 13.2. The van der Waals surface area contributed by atoms with Crippen LogP contribution < -0.4 is 0 Å². The molecule has 1 rings (SSSR count). The van der Waals surface area contributed by atoms with Crippen molar-refractivity contribution in [2.24, 2.45) is 0 Å². The molecule has 0 aromatic heterocycles. The van der Waals surface area contributed by atoms with Crippen LogP contribution in [-0.4, -0.2) is 37.1 Å². The summed E-state index contributed by atoms with van der Waals surface area (Å²) in [5, 5.41) is 8.78. The first-order valence-electron chi connectivity index (χ1n) is 4.20. The fourth-order valence-electron chi connectivity index (χ4n) is 1.15. The molecule has 0 unspecified atom stereocenters. The van der Waals surface area contributed by atoms with Crippen molar-refractivity contribution in [1.29, 1.82) is 0 Å². The number of esters is 1. The third kappa shape index (κ3) is 2.80. The van der Waals surface area contributed by atoms with Gasteiger partial charge in [-0.15, -0.1) is 0 Å². The Morgan fingerprint density at radius 2 is 1.82 bits per heavy atom. The van der Waals surface area contributed by atoms with Crippen LogP contribution in [0.5, 0.6) is 0 Å². The van der Waals surface area contributed by atoms with Crippen molar-refractivity contribution in [3.8, 4) is 0 Å². The standard InChI is InChI=1S/C9H8O7S/c1-16-9(12)7-4-5(17(13,14)15)2-3-6(7)8(10)11/h2-4H,1H3,(H,10,11)(H,13,14,15). The number of carboxylic acid groups (broad SMARTS) is 1. The minimum atomic E-state index is -4.51. The predicted octanol–water partition coefficient (Wildman–Crippen LogP) is 0.418. The highest BCUT2D eigenvalue weighted by Gasteiger charge is 2.21. The number of rotatable bonds is 3. The molecule has 0 spiro atoms. The van der Waals surface area contributed by atoms with Crippen molar-refractivity contribution < 1.29 is 32.4 Å². The van der Waals surface area contributed by atoms with Crippen molar-refractivity contribution in [2.75, 3.05) is 7.11 Å². The molecular weight excluding hydrogens is 252 g/mol. The number of carboxylic acids is 1. The number of ether oxygens (including phenoxy) is 1. The topological polar surface area (TPSA) is 118 Å². The van der Waals surface area contributed by atoms with Crippen LogP contribution in [0.2, 0.25) is 0 Å². The lowest BCUT2D eigenvalue weighted by Gasteiger charge is -2.05. The van der Waals surface area contributed by atoms with Crippen molar-refractivity contribution >= 4 is 22.1 Å². The Labute approximate surface area is 96.4 Å². The lowest BCUT2D eigenvalue weighted by atomic mass is 10.1. The predicted molar refractivity (Wildman–Crippen MR) is 54.6 cm³/mol. The summed E-state index contributed by atoms with van der Waals surface area (Å²) in [5.41, 5.74) is -0.862. The fraction of sp³-hybridized carbons (Fsp3) is 0.111. The van der Waals surface area contributed by atoms with Gasteiger partial charge in [-0.1, -0.05) is 0 Å². The second kappa shape index (κ2) is 4.52. The van der Waals surface area contributed by atoms with Gasteiger partial charge < -0.3 is 9.84 Å². The molecule has 1 aromatic rings. The van der Waals surface area contributed by atoms with E-state index in [-0.39, 0.29) is 0 Å². The lowest BCUT2D eigenvalue weighted by molar-refractivity contribution is 0.0582. The maximum Gasteiger partial charge on any atom is 0.338 e. The molecule has 0 aliphatic carbocycles. The van der Waals surface area contributed by atoms with Crippen molar-refractivity contribution in [1.82, 2.24) is 0 Å². The van der Waals surface area contributed by atoms with E-state index >= 15 is 0 Å². The molecule has 0 saturated carbocycles. The van der Waals surface area contributed by atoms with Gasteiger partial charge in [0.1, 0.15) is 0 Å². The molecule has 8 heteroatoms. The third-order valence-electron chi connectivity index (χ3n) is 1.92. The number of hydrogen-bond acceptors (Lipinski definition) is 5. The zero-order valence-electron chi connectivity index (χ0n) is 8.58. The first kappa shape index (κ1) is 13.1. The molecule has 0 amide bonds. The fourth-order valence-corrected chi connectivity index (χ4v) is 1.66. The maximum atomic E-state index is 11.3. The van der Waals surface area contributed by atoms with E-state index in [0.29, 0.717) is 0 Å². The van der Waals surface area contributed by atoms with Gasteiger partial charge in [0.15, 0.2) is 0 Å². The highest BCUT2D eigenvalue weighted by atomic mass is 32.2. The van der Waals surface area contributed by atoms with E-state index in [0.717, 1.165) is 25.3 Å². The van der Waals surface area contributed by atoms with E-state index < -0.39 is 38.1 Å². The highest BCUT2D eigenvalue weighted by Crippen LogP contribution is 2.17. The number of hydrogen-bond donors (Lipinski definition) is 2. The summed E-state index contributed by atoms with van der Waals surface area (Å²) in [4.78, 5) is 21.5. The van der Waals surface area contributed by atoms with E-state index in [1.807, 2.05) is 0 Å². The second-order valence-electron chi connectivity index (χ2n) is 2.98. The quantitative estimate of drug-likeness (QED) is 0.597. The van der Waals surface area contributed by atoms with Gasteiger partial charge in [0, 0.05) is 0 Å². The van der Waals surface area contributed by atoms with Gasteiger partial charge in [0.05, 0.1) is 23.1 Å². The van der Waals surface area contributed by atoms with Crippen LogP contribution >= 0.6 is 0 Å². The van der Waals surface area contributed by atoms with Crippen LogP contribution in [0.1, 0.15) is 20.7 Å². The Morgan fingerprint density at radius 1 is 1.24 bits per heavy atom. The molecule has 0 heterocycles. The van der Waals surface area contributed by atoms with Crippen LogP contribution in [0, 0.1) is 0 Å². The molecule has 92 valence electrons. The minimum absolute atomic E-state index is 0.413. The van der Waals surface area contributed by atoms with Crippen LogP contribution in [0.25, 0.3) is 0 Å². The van der Waals surface area contributed by atoms with Gasteiger partial charge in [-0.25, -0.2) is 9.59 Å².